The van der Waals surface area contributed by atoms with Crippen LogP contribution in [0.5, 0.6) is 0 Å². The van der Waals surface area contributed by atoms with Crippen molar-refractivity contribution in [1.82, 2.24) is 15.2 Å². The SMILES string of the molecule is CC=C(C)c1ncn[nH]1. The van der Waals surface area contributed by atoms with E-state index in [1.54, 1.807) is 0 Å². The van der Waals surface area contributed by atoms with E-state index in [-0.39, 0.29) is 0 Å². The summed E-state index contributed by atoms with van der Waals surface area (Å²) in [5.41, 5.74) is 1.12. The third-order valence-corrected chi connectivity index (χ3v) is 1.22. The number of hydrogen-bond donors (Lipinski definition) is 1. The summed E-state index contributed by atoms with van der Waals surface area (Å²) >= 11 is 0. The summed E-state index contributed by atoms with van der Waals surface area (Å²) in [5.74, 6) is 0.845. The molecule has 0 unspecified atom stereocenters. The molecule has 1 heterocycles. The Balaban J connectivity index is 2.90. The second-order valence-corrected chi connectivity index (χ2v) is 1.81. The van der Waals surface area contributed by atoms with Gasteiger partial charge in [0.1, 0.15) is 6.33 Å². The first-order valence-corrected chi connectivity index (χ1v) is 2.83. The molecule has 3 nitrogen and oxygen atoms in total. The van der Waals surface area contributed by atoms with Crippen LogP contribution in [0.15, 0.2) is 12.4 Å². The molecule has 0 aromatic carbocycles. The average Bonchev–Trinajstić information content (AvgIpc) is 2.37. The fourth-order valence-electron chi connectivity index (χ4n) is 0.532. The molecule has 1 aromatic heterocycles. The molecule has 1 aromatic rings. The summed E-state index contributed by atoms with van der Waals surface area (Å²) in [6.45, 7) is 3.96. The number of aromatic amines is 1. The zero-order valence-corrected chi connectivity index (χ0v) is 5.55. The van der Waals surface area contributed by atoms with E-state index in [0.29, 0.717) is 0 Å². The van der Waals surface area contributed by atoms with Gasteiger partial charge in [0.2, 0.25) is 0 Å². The number of allylic oxidation sites excluding steroid dienone is 2. The average molecular weight is 123 g/mol. The van der Waals surface area contributed by atoms with Gasteiger partial charge in [0.05, 0.1) is 0 Å². The fraction of sp³-hybridized carbons (Fsp3) is 0.333. The van der Waals surface area contributed by atoms with E-state index in [2.05, 4.69) is 15.2 Å². The van der Waals surface area contributed by atoms with Gasteiger partial charge in [-0.1, -0.05) is 6.08 Å². The molecule has 0 aliphatic rings. The maximum atomic E-state index is 3.95. The highest BCUT2D eigenvalue weighted by Crippen LogP contribution is 2.03. The van der Waals surface area contributed by atoms with Crippen molar-refractivity contribution in [2.75, 3.05) is 0 Å². The first-order chi connectivity index (χ1) is 4.34. The van der Waals surface area contributed by atoms with E-state index in [0.717, 1.165) is 11.4 Å². The van der Waals surface area contributed by atoms with Gasteiger partial charge in [-0.25, -0.2) is 4.98 Å². The monoisotopic (exact) mass is 123 g/mol. The zero-order valence-electron chi connectivity index (χ0n) is 5.55. The number of aromatic nitrogens is 3. The summed E-state index contributed by atoms with van der Waals surface area (Å²) < 4.78 is 0. The Morgan fingerprint density at radius 1 is 1.78 bits per heavy atom. The topological polar surface area (TPSA) is 41.6 Å². The van der Waals surface area contributed by atoms with Crippen molar-refractivity contribution in [2.24, 2.45) is 0 Å². The van der Waals surface area contributed by atoms with Crippen molar-refractivity contribution in [2.45, 2.75) is 13.8 Å². The molecular formula is C6H9N3. The van der Waals surface area contributed by atoms with Crippen molar-refractivity contribution < 1.29 is 0 Å². The lowest BCUT2D eigenvalue weighted by molar-refractivity contribution is 1.07. The quantitative estimate of drug-likeness (QED) is 0.610. The molecule has 3 heteroatoms. The Kier molecular flexibility index (Phi) is 1.63. The van der Waals surface area contributed by atoms with Gasteiger partial charge in [0.15, 0.2) is 5.82 Å². The highest BCUT2D eigenvalue weighted by Gasteiger charge is 1.93. The number of hydrogen-bond acceptors (Lipinski definition) is 2. The van der Waals surface area contributed by atoms with Gasteiger partial charge >= 0.3 is 0 Å². The molecule has 0 bridgehead atoms. The molecule has 0 atom stereocenters. The van der Waals surface area contributed by atoms with Crippen molar-refractivity contribution in [1.29, 1.82) is 0 Å². The minimum absolute atomic E-state index is 0.845. The molecule has 9 heavy (non-hydrogen) atoms. The Bertz CT molecular complexity index is 198. The van der Waals surface area contributed by atoms with Crippen LogP contribution in [0, 0.1) is 0 Å². The molecule has 0 spiro atoms. The largest absolute Gasteiger partial charge is 0.260 e. The Morgan fingerprint density at radius 3 is 3.00 bits per heavy atom. The van der Waals surface area contributed by atoms with Crippen LogP contribution < -0.4 is 0 Å². The summed E-state index contributed by atoms with van der Waals surface area (Å²) in [7, 11) is 0. The molecule has 48 valence electrons. The van der Waals surface area contributed by atoms with Crippen LogP contribution in [0.3, 0.4) is 0 Å². The number of rotatable bonds is 1. The molecule has 0 radical (unpaired) electrons. The van der Waals surface area contributed by atoms with Gasteiger partial charge in [-0.3, -0.25) is 5.10 Å². The third-order valence-electron chi connectivity index (χ3n) is 1.22. The molecule has 1 rings (SSSR count). The summed E-state index contributed by atoms with van der Waals surface area (Å²) in [4.78, 5) is 3.95. The highest BCUT2D eigenvalue weighted by atomic mass is 15.2. The number of nitrogens with one attached hydrogen (secondary N) is 1. The smallest absolute Gasteiger partial charge is 0.150 e. The van der Waals surface area contributed by atoms with Crippen molar-refractivity contribution in [3.05, 3.63) is 18.2 Å². The highest BCUT2D eigenvalue weighted by molar-refractivity contribution is 5.55. The molecule has 0 amide bonds. The minimum Gasteiger partial charge on any atom is -0.260 e. The van der Waals surface area contributed by atoms with Gasteiger partial charge in [0, 0.05) is 0 Å². The molecule has 0 saturated heterocycles. The standard InChI is InChI=1S/C6H9N3/c1-3-5(2)6-7-4-8-9-6/h3-4H,1-2H3,(H,7,8,9). The van der Waals surface area contributed by atoms with Crippen LogP contribution in [-0.2, 0) is 0 Å². The van der Waals surface area contributed by atoms with Crippen molar-refractivity contribution in [3.63, 3.8) is 0 Å². The Hall–Kier alpha value is -1.12. The molecular weight excluding hydrogens is 114 g/mol. The van der Waals surface area contributed by atoms with Crippen LogP contribution in [0.1, 0.15) is 19.7 Å². The van der Waals surface area contributed by atoms with Crippen LogP contribution in [0.4, 0.5) is 0 Å². The van der Waals surface area contributed by atoms with E-state index in [9.17, 15) is 0 Å². The van der Waals surface area contributed by atoms with Crippen LogP contribution >= 0.6 is 0 Å². The predicted molar refractivity (Wildman–Crippen MR) is 35.7 cm³/mol. The fourth-order valence-corrected chi connectivity index (χ4v) is 0.532. The Labute approximate surface area is 53.8 Å². The lowest BCUT2D eigenvalue weighted by Crippen LogP contribution is -1.80. The van der Waals surface area contributed by atoms with Gasteiger partial charge < -0.3 is 0 Å². The van der Waals surface area contributed by atoms with E-state index in [4.69, 9.17) is 0 Å². The van der Waals surface area contributed by atoms with Gasteiger partial charge in [-0.05, 0) is 19.4 Å². The lowest BCUT2D eigenvalue weighted by Gasteiger charge is -1.88. The third kappa shape index (κ3) is 1.16. The molecule has 0 aliphatic heterocycles. The van der Waals surface area contributed by atoms with Gasteiger partial charge in [0.25, 0.3) is 0 Å². The minimum atomic E-state index is 0.845. The van der Waals surface area contributed by atoms with E-state index in [1.165, 1.54) is 6.33 Å². The molecule has 0 fully saturated rings. The van der Waals surface area contributed by atoms with E-state index >= 15 is 0 Å². The second kappa shape index (κ2) is 2.44. The summed E-state index contributed by atoms with van der Waals surface area (Å²) in [5, 5.41) is 6.47. The number of H-pyrrole nitrogens is 1. The van der Waals surface area contributed by atoms with Crippen molar-refractivity contribution >= 4 is 5.57 Å². The van der Waals surface area contributed by atoms with Crippen LogP contribution in [0.25, 0.3) is 5.57 Å². The van der Waals surface area contributed by atoms with E-state index in [1.807, 2.05) is 19.9 Å². The normalized spacial score (nSPS) is 12.0. The van der Waals surface area contributed by atoms with Crippen LogP contribution in [-0.4, -0.2) is 15.2 Å². The molecule has 1 N–H and O–H groups in total. The van der Waals surface area contributed by atoms with Crippen LogP contribution in [0.2, 0.25) is 0 Å². The first-order valence-electron chi connectivity index (χ1n) is 2.83. The maximum absolute atomic E-state index is 3.95. The van der Waals surface area contributed by atoms with E-state index < -0.39 is 0 Å². The Morgan fingerprint density at radius 2 is 2.56 bits per heavy atom. The molecule has 0 aliphatic carbocycles. The van der Waals surface area contributed by atoms with Gasteiger partial charge in [-0.15, -0.1) is 0 Å². The van der Waals surface area contributed by atoms with Crippen molar-refractivity contribution in [3.8, 4) is 0 Å². The summed E-state index contributed by atoms with van der Waals surface area (Å²) in [6.07, 6.45) is 3.49. The first kappa shape index (κ1) is 6.01. The lowest BCUT2D eigenvalue weighted by atomic mass is 10.3. The summed E-state index contributed by atoms with van der Waals surface area (Å²) in [6, 6.07) is 0. The second-order valence-electron chi connectivity index (χ2n) is 1.81. The predicted octanol–water partition coefficient (Wildman–Crippen LogP) is 1.23. The number of nitrogens with zero attached hydrogens (tertiary/aromatic N) is 2. The zero-order chi connectivity index (χ0) is 6.69. The maximum Gasteiger partial charge on any atom is 0.150 e. The van der Waals surface area contributed by atoms with Gasteiger partial charge in [-0.2, -0.15) is 5.10 Å². The molecule has 0 saturated carbocycles.